The Labute approximate surface area is 72.3 Å². The normalized spacial score (nSPS) is 10.6. The van der Waals surface area contributed by atoms with Crippen molar-refractivity contribution in [2.24, 2.45) is 0 Å². The van der Waals surface area contributed by atoms with Gasteiger partial charge in [-0.3, -0.25) is 9.59 Å². The highest BCUT2D eigenvalue weighted by Gasteiger charge is 2.21. The second-order valence-electron chi connectivity index (χ2n) is 3.13. The van der Waals surface area contributed by atoms with Gasteiger partial charge in [0.15, 0.2) is 0 Å². The number of amides is 1. The van der Waals surface area contributed by atoms with Crippen molar-refractivity contribution >= 4 is 12.4 Å². The zero-order valence-electron chi connectivity index (χ0n) is 7.72. The van der Waals surface area contributed by atoms with Gasteiger partial charge < -0.3 is 10.1 Å². The van der Waals surface area contributed by atoms with Crippen molar-refractivity contribution in [1.82, 2.24) is 5.32 Å². The van der Waals surface area contributed by atoms with Gasteiger partial charge in [0.05, 0.1) is 13.0 Å². The third-order valence-corrected chi connectivity index (χ3v) is 1.34. The predicted molar refractivity (Wildman–Crippen MR) is 44.5 cm³/mol. The van der Waals surface area contributed by atoms with Crippen LogP contribution >= 0.6 is 0 Å². The molecule has 0 bridgehead atoms. The molecular weight excluding hydrogens is 158 g/mol. The summed E-state index contributed by atoms with van der Waals surface area (Å²) in [5.41, 5.74) is -0.520. The van der Waals surface area contributed by atoms with Gasteiger partial charge in [0, 0.05) is 5.54 Å². The van der Waals surface area contributed by atoms with E-state index >= 15 is 0 Å². The van der Waals surface area contributed by atoms with Gasteiger partial charge in [0.2, 0.25) is 6.41 Å². The minimum absolute atomic E-state index is 0.194. The van der Waals surface area contributed by atoms with Crippen LogP contribution in [0.1, 0.15) is 27.2 Å². The van der Waals surface area contributed by atoms with E-state index < -0.39 is 5.54 Å². The standard InChI is InChI=1S/C8H15NO3/c1-4-12-7(11)5-8(2,3)9-6-10/h6H,4-5H2,1-3H3,(H,9,10). The van der Waals surface area contributed by atoms with Crippen LogP contribution in [0.2, 0.25) is 0 Å². The summed E-state index contributed by atoms with van der Waals surface area (Å²) in [5, 5.41) is 2.53. The van der Waals surface area contributed by atoms with Gasteiger partial charge in [-0.2, -0.15) is 0 Å². The highest BCUT2D eigenvalue weighted by Crippen LogP contribution is 2.07. The summed E-state index contributed by atoms with van der Waals surface area (Å²) >= 11 is 0. The smallest absolute Gasteiger partial charge is 0.308 e. The first-order chi connectivity index (χ1) is 5.52. The van der Waals surface area contributed by atoms with E-state index in [9.17, 15) is 9.59 Å². The van der Waals surface area contributed by atoms with Crippen molar-refractivity contribution < 1.29 is 14.3 Å². The monoisotopic (exact) mass is 173 g/mol. The number of rotatable bonds is 5. The van der Waals surface area contributed by atoms with Gasteiger partial charge >= 0.3 is 5.97 Å². The summed E-state index contributed by atoms with van der Waals surface area (Å²) in [4.78, 5) is 21.1. The molecule has 4 nitrogen and oxygen atoms in total. The second kappa shape index (κ2) is 4.74. The number of nitrogens with one attached hydrogen (secondary N) is 1. The van der Waals surface area contributed by atoms with Crippen molar-refractivity contribution in [2.75, 3.05) is 6.61 Å². The van der Waals surface area contributed by atoms with Crippen LogP contribution < -0.4 is 5.32 Å². The van der Waals surface area contributed by atoms with Crippen LogP contribution in [0.3, 0.4) is 0 Å². The topological polar surface area (TPSA) is 55.4 Å². The summed E-state index contributed by atoms with van der Waals surface area (Å²) in [6.45, 7) is 5.64. The molecule has 1 N–H and O–H groups in total. The molecule has 0 aliphatic rings. The molecule has 0 aliphatic carbocycles. The van der Waals surface area contributed by atoms with Gasteiger partial charge in [-0.15, -0.1) is 0 Å². The average Bonchev–Trinajstić information content (AvgIpc) is 1.85. The molecule has 0 saturated carbocycles. The first-order valence-corrected chi connectivity index (χ1v) is 3.89. The van der Waals surface area contributed by atoms with E-state index in [1.165, 1.54) is 0 Å². The molecule has 0 fully saturated rings. The van der Waals surface area contributed by atoms with Crippen LogP contribution in [0, 0.1) is 0 Å². The van der Waals surface area contributed by atoms with Crippen molar-refractivity contribution in [1.29, 1.82) is 0 Å². The quantitative estimate of drug-likeness (QED) is 0.485. The van der Waals surface area contributed by atoms with Crippen LogP contribution in [-0.4, -0.2) is 24.5 Å². The first kappa shape index (κ1) is 10.9. The van der Waals surface area contributed by atoms with E-state index in [4.69, 9.17) is 4.74 Å². The Bertz CT molecular complexity index is 166. The third kappa shape index (κ3) is 4.71. The third-order valence-electron chi connectivity index (χ3n) is 1.34. The number of hydrogen-bond donors (Lipinski definition) is 1. The molecule has 0 aromatic heterocycles. The van der Waals surface area contributed by atoms with Crippen LogP contribution in [0.4, 0.5) is 0 Å². The Morgan fingerprint density at radius 1 is 1.58 bits per heavy atom. The molecule has 12 heavy (non-hydrogen) atoms. The van der Waals surface area contributed by atoms with Crippen LogP contribution in [0.5, 0.6) is 0 Å². The maximum Gasteiger partial charge on any atom is 0.308 e. The van der Waals surface area contributed by atoms with Crippen LogP contribution in [0.15, 0.2) is 0 Å². The summed E-state index contributed by atoms with van der Waals surface area (Å²) in [6, 6.07) is 0. The second-order valence-corrected chi connectivity index (χ2v) is 3.13. The van der Waals surface area contributed by atoms with Crippen LogP contribution in [0.25, 0.3) is 0 Å². The number of carbonyl (C=O) groups is 2. The first-order valence-electron chi connectivity index (χ1n) is 3.89. The Hall–Kier alpha value is -1.06. The zero-order valence-corrected chi connectivity index (χ0v) is 7.72. The molecule has 70 valence electrons. The fraction of sp³-hybridized carbons (Fsp3) is 0.750. The molecule has 0 atom stereocenters. The lowest BCUT2D eigenvalue weighted by atomic mass is 10.0. The molecule has 0 radical (unpaired) electrons. The largest absolute Gasteiger partial charge is 0.466 e. The minimum atomic E-state index is -0.520. The van der Waals surface area contributed by atoms with E-state index in [1.54, 1.807) is 20.8 Å². The summed E-state index contributed by atoms with van der Waals surface area (Å²) < 4.78 is 4.73. The van der Waals surface area contributed by atoms with Crippen molar-refractivity contribution in [2.45, 2.75) is 32.7 Å². The summed E-state index contributed by atoms with van der Waals surface area (Å²) in [6.07, 6.45) is 0.777. The number of esters is 1. The van der Waals surface area contributed by atoms with E-state index in [-0.39, 0.29) is 12.4 Å². The SMILES string of the molecule is CCOC(=O)CC(C)(C)NC=O. The molecule has 4 heteroatoms. The van der Waals surface area contributed by atoms with Gasteiger partial charge in [0.25, 0.3) is 0 Å². The van der Waals surface area contributed by atoms with Crippen molar-refractivity contribution in [3.05, 3.63) is 0 Å². The Morgan fingerprint density at radius 3 is 2.58 bits per heavy atom. The van der Waals surface area contributed by atoms with Gasteiger partial charge in [0.1, 0.15) is 0 Å². The molecule has 0 aliphatic heterocycles. The lowest BCUT2D eigenvalue weighted by Crippen LogP contribution is -2.40. The van der Waals surface area contributed by atoms with E-state index in [0.29, 0.717) is 13.0 Å². The van der Waals surface area contributed by atoms with Crippen molar-refractivity contribution in [3.8, 4) is 0 Å². The molecule has 0 spiro atoms. The molecule has 0 aromatic carbocycles. The fourth-order valence-electron chi connectivity index (χ4n) is 0.783. The highest BCUT2D eigenvalue weighted by atomic mass is 16.5. The van der Waals surface area contributed by atoms with Gasteiger partial charge in [-0.05, 0) is 20.8 Å². The molecular formula is C8H15NO3. The lowest BCUT2D eigenvalue weighted by Gasteiger charge is -2.22. The molecule has 0 heterocycles. The average molecular weight is 173 g/mol. The lowest BCUT2D eigenvalue weighted by molar-refractivity contribution is -0.144. The van der Waals surface area contributed by atoms with E-state index in [0.717, 1.165) is 0 Å². The maximum atomic E-state index is 11.0. The Morgan fingerprint density at radius 2 is 2.17 bits per heavy atom. The molecule has 0 rings (SSSR count). The van der Waals surface area contributed by atoms with Crippen molar-refractivity contribution in [3.63, 3.8) is 0 Å². The molecule has 0 aromatic rings. The number of carbonyl (C=O) groups excluding carboxylic acids is 2. The summed E-state index contributed by atoms with van der Waals surface area (Å²) in [5.74, 6) is -0.295. The fourth-order valence-corrected chi connectivity index (χ4v) is 0.783. The van der Waals surface area contributed by atoms with Gasteiger partial charge in [-0.25, -0.2) is 0 Å². The Balaban J connectivity index is 3.87. The van der Waals surface area contributed by atoms with Crippen LogP contribution in [-0.2, 0) is 14.3 Å². The molecule has 0 saturated heterocycles. The molecule has 1 amide bonds. The predicted octanol–water partition coefficient (Wildman–Crippen LogP) is 0.464. The number of hydrogen-bond acceptors (Lipinski definition) is 3. The van der Waals surface area contributed by atoms with Gasteiger partial charge in [-0.1, -0.05) is 0 Å². The minimum Gasteiger partial charge on any atom is -0.466 e. The zero-order chi connectivity index (χ0) is 9.61. The summed E-state index contributed by atoms with van der Waals surface area (Å²) in [7, 11) is 0. The Kier molecular flexibility index (Phi) is 4.33. The molecule has 0 unspecified atom stereocenters. The highest BCUT2D eigenvalue weighted by molar-refractivity contribution is 5.71. The number of ether oxygens (including phenoxy) is 1. The maximum absolute atomic E-state index is 11.0. The van der Waals surface area contributed by atoms with E-state index in [2.05, 4.69) is 5.32 Å². The van der Waals surface area contributed by atoms with E-state index in [1.807, 2.05) is 0 Å².